The molecule has 0 spiro atoms. The van der Waals surface area contributed by atoms with Gasteiger partial charge < -0.3 is 9.64 Å². The van der Waals surface area contributed by atoms with Crippen LogP contribution in [0.1, 0.15) is 34.1 Å². The van der Waals surface area contributed by atoms with Gasteiger partial charge >= 0.3 is 5.97 Å². The molecule has 0 amide bonds. The van der Waals surface area contributed by atoms with Crippen molar-refractivity contribution in [3.05, 3.63) is 0 Å². The zero-order chi connectivity index (χ0) is 12.1. The van der Waals surface area contributed by atoms with Gasteiger partial charge in [-0.1, -0.05) is 20.8 Å². The maximum atomic E-state index is 11.5. The molecule has 0 aromatic heterocycles. The summed E-state index contributed by atoms with van der Waals surface area (Å²) >= 11 is 0. The lowest BCUT2D eigenvalue weighted by atomic mass is 9.91. The minimum atomic E-state index is -0.0617. The molecule has 1 rings (SSSR count). The van der Waals surface area contributed by atoms with Gasteiger partial charge in [-0.05, 0) is 25.2 Å². The molecule has 94 valence electrons. The lowest BCUT2D eigenvalue weighted by molar-refractivity contribution is -0.148. The number of ether oxygens (including phenoxy) is 1. The van der Waals surface area contributed by atoms with Gasteiger partial charge in [0.1, 0.15) is 0 Å². The second-order valence-electron chi connectivity index (χ2n) is 5.32. The zero-order valence-corrected chi connectivity index (χ0v) is 11.0. The highest BCUT2D eigenvalue weighted by Gasteiger charge is 2.25. The quantitative estimate of drug-likeness (QED) is 0.689. The first kappa shape index (κ1) is 13.5. The van der Waals surface area contributed by atoms with Crippen LogP contribution in [0.25, 0.3) is 0 Å². The molecule has 0 radical (unpaired) electrons. The van der Waals surface area contributed by atoms with E-state index >= 15 is 0 Å². The molecule has 1 heterocycles. The van der Waals surface area contributed by atoms with Crippen molar-refractivity contribution in [2.45, 2.75) is 34.1 Å². The molecule has 0 aromatic rings. The van der Waals surface area contributed by atoms with E-state index < -0.39 is 0 Å². The van der Waals surface area contributed by atoms with E-state index in [1.807, 2.05) is 13.8 Å². The molecule has 0 aromatic carbocycles. The summed E-state index contributed by atoms with van der Waals surface area (Å²) < 4.78 is 5.03. The third kappa shape index (κ3) is 4.12. The number of hydrogen-bond acceptors (Lipinski definition) is 3. The standard InChI is InChI=1S/C13H25NO2/c1-5-16-13(15)12(4)9-14-7-10(2)6-11(3)8-14/h10-12H,5-9H2,1-4H3. The highest BCUT2D eigenvalue weighted by molar-refractivity contribution is 5.72. The molecule has 1 fully saturated rings. The summed E-state index contributed by atoms with van der Waals surface area (Å²) in [5.74, 6) is 1.43. The lowest BCUT2D eigenvalue weighted by Gasteiger charge is -2.35. The van der Waals surface area contributed by atoms with Gasteiger partial charge in [-0.15, -0.1) is 0 Å². The smallest absolute Gasteiger partial charge is 0.309 e. The van der Waals surface area contributed by atoms with Gasteiger partial charge in [0.2, 0.25) is 0 Å². The minimum Gasteiger partial charge on any atom is -0.466 e. The van der Waals surface area contributed by atoms with Gasteiger partial charge in [-0.2, -0.15) is 0 Å². The molecule has 3 atom stereocenters. The zero-order valence-electron chi connectivity index (χ0n) is 11.0. The van der Waals surface area contributed by atoms with Gasteiger partial charge in [0, 0.05) is 19.6 Å². The number of hydrogen-bond donors (Lipinski definition) is 0. The maximum Gasteiger partial charge on any atom is 0.309 e. The van der Waals surface area contributed by atoms with Crippen molar-refractivity contribution in [3.8, 4) is 0 Å². The van der Waals surface area contributed by atoms with Crippen molar-refractivity contribution in [2.75, 3.05) is 26.2 Å². The number of esters is 1. The summed E-state index contributed by atoms with van der Waals surface area (Å²) in [6.07, 6.45) is 1.31. The van der Waals surface area contributed by atoms with E-state index in [0.717, 1.165) is 31.5 Å². The van der Waals surface area contributed by atoms with Crippen molar-refractivity contribution in [1.29, 1.82) is 0 Å². The summed E-state index contributed by atoms with van der Waals surface area (Å²) in [6.45, 7) is 12.0. The highest BCUT2D eigenvalue weighted by atomic mass is 16.5. The van der Waals surface area contributed by atoms with Crippen LogP contribution in [0.4, 0.5) is 0 Å². The van der Waals surface area contributed by atoms with Crippen LogP contribution in [-0.4, -0.2) is 37.1 Å². The monoisotopic (exact) mass is 227 g/mol. The Bertz CT molecular complexity index is 220. The molecule has 3 unspecified atom stereocenters. The Morgan fingerprint density at radius 1 is 1.38 bits per heavy atom. The largest absolute Gasteiger partial charge is 0.466 e. The Morgan fingerprint density at radius 3 is 2.44 bits per heavy atom. The van der Waals surface area contributed by atoms with E-state index in [1.165, 1.54) is 6.42 Å². The second-order valence-corrected chi connectivity index (χ2v) is 5.32. The fraction of sp³-hybridized carbons (Fsp3) is 0.923. The molecule has 1 saturated heterocycles. The van der Waals surface area contributed by atoms with E-state index in [2.05, 4.69) is 18.7 Å². The molecule has 0 bridgehead atoms. The summed E-state index contributed by atoms with van der Waals surface area (Å²) in [7, 11) is 0. The predicted octanol–water partition coefficient (Wildman–Crippen LogP) is 2.16. The molecule has 3 nitrogen and oxygen atoms in total. The van der Waals surface area contributed by atoms with Crippen molar-refractivity contribution >= 4 is 5.97 Å². The summed E-state index contributed by atoms with van der Waals surface area (Å²) in [6, 6.07) is 0. The Labute approximate surface area is 99.1 Å². The Kier molecular flexibility index (Phi) is 5.26. The van der Waals surface area contributed by atoms with E-state index in [-0.39, 0.29) is 11.9 Å². The topological polar surface area (TPSA) is 29.5 Å². The normalized spacial score (nSPS) is 28.8. The molecule has 1 aliphatic rings. The van der Waals surface area contributed by atoms with Crippen molar-refractivity contribution in [3.63, 3.8) is 0 Å². The van der Waals surface area contributed by atoms with Crippen LogP contribution in [-0.2, 0) is 9.53 Å². The van der Waals surface area contributed by atoms with Crippen LogP contribution in [0, 0.1) is 17.8 Å². The van der Waals surface area contributed by atoms with Gasteiger partial charge in [-0.3, -0.25) is 4.79 Å². The minimum absolute atomic E-state index is 0.00236. The summed E-state index contributed by atoms with van der Waals surface area (Å²) in [4.78, 5) is 13.9. The molecule has 1 aliphatic heterocycles. The van der Waals surface area contributed by atoms with Crippen LogP contribution < -0.4 is 0 Å². The van der Waals surface area contributed by atoms with Gasteiger partial charge in [-0.25, -0.2) is 0 Å². The number of likely N-dealkylation sites (tertiary alicyclic amines) is 1. The Balaban J connectivity index is 2.38. The SMILES string of the molecule is CCOC(=O)C(C)CN1CC(C)CC(C)C1. The molecule has 3 heteroatoms. The first-order valence-corrected chi connectivity index (χ1v) is 6.41. The second kappa shape index (κ2) is 6.24. The van der Waals surface area contributed by atoms with Crippen molar-refractivity contribution in [2.24, 2.45) is 17.8 Å². The number of rotatable bonds is 4. The van der Waals surface area contributed by atoms with E-state index in [4.69, 9.17) is 4.74 Å². The Hall–Kier alpha value is -0.570. The van der Waals surface area contributed by atoms with Crippen LogP contribution >= 0.6 is 0 Å². The summed E-state index contributed by atoms with van der Waals surface area (Å²) in [5.41, 5.74) is 0. The Morgan fingerprint density at radius 2 is 1.94 bits per heavy atom. The van der Waals surface area contributed by atoms with Crippen LogP contribution in [0.2, 0.25) is 0 Å². The average Bonchev–Trinajstić information content (AvgIpc) is 2.16. The van der Waals surface area contributed by atoms with E-state index in [0.29, 0.717) is 6.61 Å². The number of carbonyl (C=O) groups is 1. The van der Waals surface area contributed by atoms with Gasteiger partial charge in [0.05, 0.1) is 12.5 Å². The van der Waals surface area contributed by atoms with Gasteiger partial charge in [0.15, 0.2) is 0 Å². The predicted molar refractivity (Wildman–Crippen MR) is 65.2 cm³/mol. The van der Waals surface area contributed by atoms with Crippen LogP contribution in [0.3, 0.4) is 0 Å². The molecular weight excluding hydrogens is 202 g/mol. The molecule has 0 saturated carbocycles. The molecule has 0 N–H and O–H groups in total. The van der Waals surface area contributed by atoms with E-state index in [9.17, 15) is 4.79 Å². The maximum absolute atomic E-state index is 11.5. The van der Waals surface area contributed by atoms with Crippen LogP contribution in [0.5, 0.6) is 0 Å². The molecule has 0 aliphatic carbocycles. The fourth-order valence-corrected chi connectivity index (χ4v) is 2.69. The number of nitrogens with zero attached hydrogens (tertiary/aromatic N) is 1. The summed E-state index contributed by atoms with van der Waals surface area (Å²) in [5, 5.41) is 0. The number of carbonyl (C=O) groups excluding carboxylic acids is 1. The first-order valence-electron chi connectivity index (χ1n) is 6.41. The molecular formula is C13H25NO2. The van der Waals surface area contributed by atoms with Crippen molar-refractivity contribution in [1.82, 2.24) is 4.90 Å². The molecule has 16 heavy (non-hydrogen) atoms. The third-order valence-corrected chi connectivity index (χ3v) is 3.17. The third-order valence-electron chi connectivity index (χ3n) is 3.17. The first-order chi connectivity index (χ1) is 7.52. The fourth-order valence-electron chi connectivity index (χ4n) is 2.69. The lowest BCUT2D eigenvalue weighted by Crippen LogP contribution is -2.42. The van der Waals surface area contributed by atoms with Crippen LogP contribution in [0.15, 0.2) is 0 Å². The highest BCUT2D eigenvalue weighted by Crippen LogP contribution is 2.21. The van der Waals surface area contributed by atoms with Crippen molar-refractivity contribution < 1.29 is 9.53 Å². The van der Waals surface area contributed by atoms with E-state index in [1.54, 1.807) is 0 Å². The van der Waals surface area contributed by atoms with Gasteiger partial charge in [0.25, 0.3) is 0 Å². The number of piperidine rings is 1. The average molecular weight is 227 g/mol.